The molecule has 1 aromatic carbocycles. The standard InChI is InChI=1S/C17H26N2O.ClH/c1-12(2)16(18)17(20)19-15-10-8-14(9-11-15)13-6-4-3-5-7-13;/h3-7,12,14-16H,8-11,18H2,1-2H3,(H,19,20);1H/t14?,15?,16-;/m1./s1. The number of carbonyl (C=O) groups is 1. The van der Waals surface area contributed by atoms with Gasteiger partial charge in [-0.05, 0) is 43.1 Å². The van der Waals surface area contributed by atoms with Gasteiger partial charge in [-0.15, -0.1) is 12.4 Å². The molecule has 2 rings (SSSR count). The summed E-state index contributed by atoms with van der Waals surface area (Å²) < 4.78 is 0. The van der Waals surface area contributed by atoms with Gasteiger partial charge in [-0.3, -0.25) is 4.79 Å². The lowest BCUT2D eigenvalue weighted by Gasteiger charge is -2.30. The molecule has 3 nitrogen and oxygen atoms in total. The summed E-state index contributed by atoms with van der Waals surface area (Å²) in [6, 6.07) is 10.6. The molecule has 0 bridgehead atoms. The van der Waals surface area contributed by atoms with Crippen molar-refractivity contribution < 1.29 is 4.79 Å². The summed E-state index contributed by atoms with van der Waals surface area (Å²) in [6.45, 7) is 3.97. The van der Waals surface area contributed by atoms with Crippen LogP contribution in [0.5, 0.6) is 0 Å². The van der Waals surface area contributed by atoms with Crippen molar-refractivity contribution in [1.29, 1.82) is 0 Å². The molecule has 0 saturated heterocycles. The molecule has 1 atom stereocenters. The molecule has 118 valence electrons. The molecule has 0 spiro atoms. The third-order valence-electron chi connectivity index (χ3n) is 4.37. The molecule has 0 aromatic heterocycles. The van der Waals surface area contributed by atoms with Crippen molar-refractivity contribution in [2.75, 3.05) is 0 Å². The highest BCUT2D eigenvalue weighted by Gasteiger charge is 2.25. The van der Waals surface area contributed by atoms with Crippen LogP contribution in [0.2, 0.25) is 0 Å². The summed E-state index contributed by atoms with van der Waals surface area (Å²) in [7, 11) is 0. The van der Waals surface area contributed by atoms with Crippen LogP contribution in [0.3, 0.4) is 0 Å². The number of benzene rings is 1. The van der Waals surface area contributed by atoms with E-state index >= 15 is 0 Å². The summed E-state index contributed by atoms with van der Waals surface area (Å²) in [5.41, 5.74) is 7.31. The van der Waals surface area contributed by atoms with Crippen molar-refractivity contribution in [3.05, 3.63) is 35.9 Å². The molecule has 3 N–H and O–H groups in total. The summed E-state index contributed by atoms with van der Waals surface area (Å²) in [4.78, 5) is 12.0. The van der Waals surface area contributed by atoms with Crippen LogP contribution in [-0.2, 0) is 4.79 Å². The van der Waals surface area contributed by atoms with E-state index in [1.807, 2.05) is 13.8 Å². The fourth-order valence-corrected chi connectivity index (χ4v) is 2.90. The Bertz CT molecular complexity index is 428. The van der Waals surface area contributed by atoms with Gasteiger partial charge in [-0.25, -0.2) is 0 Å². The topological polar surface area (TPSA) is 55.1 Å². The highest BCUT2D eigenvalue weighted by atomic mass is 35.5. The number of carbonyl (C=O) groups excluding carboxylic acids is 1. The molecule has 1 amide bonds. The normalized spacial score (nSPS) is 23.2. The van der Waals surface area contributed by atoms with Gasteiger partial charge in [0.05, 0.1) is 6.04 Å². The van der Waals surface area contributed by atoms with Gasteiger partial charge in [0.1, 0.15) is 0 Å². The zero-order valence-electron chi connectivity index (χ0n) is 12.9. The number of rotatable bonds is 4. The van der Waals surface area contributed by atoms with Crippen molar-refractivity contribution in [2.24, 2.45) is 11.7 Å². The quantitative estimate of drug-likeness (QED) is 0.897. The van der Waals surface area contributed by atoms with Crippen LogP contribution in [-0.4, -0.2) is 18.0 Å². The predicted octanol–water partition coefficient (Wildman–Crippen LogP) is 3.23. The fraction of sp³-hybridized carbons (Fsp3) is 0.588. The number of nitrogens with two attached hydrogens (primary N) is 1. The molecule has 4 heteroatoms. The van der Waals surface area contributed by atoms with Crippen LogP contribution in [0.15, 0.2) is 30.3 Å². The Kier molecular flexibility index (Phi) is 7.20. The minimum atomic E-state index is -0.387. The molecular weight excluding hydrogens is 284 g/mol. The van der Waals surface area contributed by atoms with E-state index in [0.29, 0.717) is 12.0 Å². The van der Waals surface area contributed by atoms with Crippen LogP contribution in [0.25, 0.3) is 0 Å². The molecule has 0 unspecified atom stereocenters. The van der Waals surface area contributed by atoms with E-state index in [1.165, 1.54) is 5.56 Å². The number of nitrogens with one attached hydrogen (secondary N) is 1. The Morgan fingerprint density at radius 1 is 1.14 bits per heavy atom. The lowest BCUT2D eigenvalue weighted by molar-refractivity contribution is -0.124. The van der Waals surface area contributed by atoms with E-state index in [1.54, 1.807) is 0 Å². The number of halogens is 1. The second kappa shape index (κ2) is 8.40. The van der Waals surface area contributed by atoms with E-state index in [9.17, 15) is 4.79 Å². The first-order valence-corrected chi connectivity index (χ1v) is 7.69. The highest BCUT2D eigenvalue weighted by molar-refractivity contribution is 5.85. The Morgan fingerprint density at radius 3 is 2.24 bits per heavy atom. The van der Waals surface area contributed by atoms with Gasteiger partial charge in [-0.1, -0.05) is 44.2 Å². The minimum absolute atomic E-state index is 0. The second-order valence-corrected chi connectivity index (χ2v) is 6.24. The van der Waals surface area contributed by atoms with Gasteiger partial charge < -0.3 is 11.1 Å². The third kappa shape index (κ3) is 5.01. The maximum Gasteiger partial charge on any atom is 0.237 e. The maximum absolute atomic E-state index is 12.0. The largest absolute Gasteiger partial charge is 0.352 e. The van der Waals surface area contributed by atoms with Gasteiger partial charge >= 0.3 is 0 Å². The van der Waals surface area contributed by atoms with E-state index in [-0.39, 0.29) is 30.3 Å². The number of hydrogen-bond donors (Lipinski definition) is 2. The van der Waals surface area contributed by atoms with E-state index < -0.39 is 0 Å². The molecule has 0 radical (unpaired) electrons. The second-order valence-electron chi connectivity index (χ2n) is 6.24. The van der Waals surface area contributed by atoms with Gasteiger partial charge in [-0.2, -0.15) is 0 Å². The number of hydrogen-bond acceptors (Lipinski definition) is 2. The summed E-state index contributed by atoms with van der Waals surface area (Å²) >= 11 is 0. The molecule has 1 aliphatic rings. The molecule has 1 saturated carbocycles. The minimum Gasteiger partial charge on any atom is -0.352 e. The van der Waals surface area contributed by atoms with Crippen LogP contribution in [0, 0.1) is 5.92 Å². The average Bonchev–Trinajstić information content (AvgIpc) is 2.48. The summed E-state index contributed by atoms with van der Waals surface area (Å²) in [5, 5.41) is 3.11. The first-order chi connectivity index (χ1) is 9.58. The van der Waals surface area contributed by atoms with E-state index in [4.69, 9.17) is 5.73 Å². The van der Waals surface area contributed by atoms with Gasteiger partial charge in [0.25, 0.3) is 0 Å². The lowest BCUT2D eigenvalue weighted by atomic mass is 9.81. The van der Waals surface area contributed by atoms with Crippen molar-refractivity contribution in [1.82, 2.24) is 5.32 Å². The number of amides is 1. The molecule has 21 heavy (non-hydrogen) atoms. The molecule has 0 heterocycles. The Morgan fingerprint density at radius 2 is 1.71 bits per heavy atom. The summed E-state index contributed by atoms with van der Waals surface area (Å²) in [5.74, 6) is 0.835. The fourth-order valence-electron chi connectivity index (χ4n) is 2.90. The van der Waals surface area contributed by atoms with E-state index in [0.717, 1.165) is 25.7 Å². The van der Waals surface area contributed by atoms with Crippen LogP contribution < -0.4 is 11.1 Å². The Labute approximate surface area is 134 Å². The zero-order chi connectivity index (χ0) is 14.5. The third-order valence-corrected chi connectivity index (χ3v) is 4.37. The Balaban J connectivity index is 0.00000220. The van der Waals surface area contributed by atoms with Crippen molar-refractivity contribution >= 4 is 18.3 Å². The highest BCUT2D eigenvalue weighted by Crippen LogP contribution is 2.32. The maximum atomic E-state index is 12.0. The molecule has 0 aliphatic heterocycles. The van der Waals surface area contributed by atoms with Gasteiger partial charge in [0, 0.05) is 6.04 Å². The predicted molar refractivity (Wildman–Crippen MR) is 89.6 cm³/mol. The molecule has 1 aromatic rings. The molecule has 1 aliphatic carbocycles. The molecular formula is C17H27ClN2O. The van der Waals surface area contributed by atoms with Gasteiger partial charge in [0.2, 0.25) is 5.91 Å². The lowest BCUT2D eigenvalue weighted by Crippen LogP contribution is -2.48. The first-order valence-electron chi connectivity index (χ1n) is 7.69. The monoisotopic (exact) mass is 310 g/mol. The zero-order valence-corrected chi connectivity index (χ0v) is 13.7. The van der Waals surface area contributed by atoms with Crippen molar-refractivity contribution in [2.45, 2.75) is 57.5 Å². The van der Waals surface area contributed by atoms with Crippen LogP contribution in [0.4, 0.5) is 0 Å². The first kappa shape index (κ1) is 18.0. The summed E-state index contributed by atoms with van der Waals surface area (Å²) in [6.07, 6.45) is 4.39. The van der Waals surface area contributed by atoms with E-state index in [2.05, 4.69) is 35.6 Å². The SMILES string of the molecule is CC(C)[C@@H](N)C(=O)NC1CCC(c2ccccc2)CC1.Cl. The van der Waals surface area contributed by atoms with Crippen molar-refractivity contribution in [3.8, 4) is 0 Å². The van der Waals surface area contributed by atoms with Gasteiger partial charge in [0.15, 0.2) is 0 Å². The molecule has 1 fully saturated rings. The van der Waals surface area contributed by atoms with Crippen LogP contribution in [0.1, 0.15) is 51.0 Å². The van der Waals surface area contributed by atoms with Crippen LogP contribution >= 0.6 is 12.4 Å². The smallest absolute Gasteiger partial charge is 0.237 e. The Hall–Kier alpha value is -1.06. The van der Waals surface area contributed by atoms with Crippen molar-refractivity contribution in [3.63, 3.8) is 0 Å². The average molecular weight is 311 g/mol.